The predicted octanol–water partition coefficient (Wildman–Crippen LogP) is 3.99. The molecule has 0 aromatic carbocycles. The quantitative estimate of drug-likeness (QED) is 0.708. The summed E-state index contributed by atoms with van der Waals surface area (Å²) in [6.45, 7) is 12.0. The van der Waals surface area contributed by atoms with Crippen molar-refractivity contribution in [1.82, 2.24) is 0 Å². The van der Waals surface area contributed by atoms with E-state index in [0.717, 1.165) is 13.0 Å². The van der Waals surface area contributed by atoms with Crippen LogP contribution in [0.5, 0.6) is 0 Å². The topological polar surface area (TPSA) is 18.5 Å². The minimum absolute atomic E-state index is 0.0181. The van der Waals surface area contributed by atoms with Crippen molar-refractivity contribution >= 4 is 0 Å². The van der Waals surface area contributed by atoms with Crippen LogP contribution in [0, 0.1) is 11.3 Å². The Morgan fingerprint density at radius 1 is 1.25 bits per heavy atom. The Kier molecular flexibility index (Phi) is 5.26. The van der Waals surface area contributed by atoms with Crippen LogP contribution in [0.2, 0.25) is 0 Å². The van der Waals surface area contributed by atoms with Crippen molar-refractivity contribution in [2.45, 2.75) is 72.7 Å². The van der Waals surface area contributed by atoms with Crippen molar-refractivity contribution in [2.24, 2.45) is 11.3 Å². The summed E-state index contributed by atoms with van der Waals surface area (Å²) in [5.41, 5.74) is 0.165. The molecule has 0 aliphatic carbocycles. The zero-order chi connectivity index (χ0) is 12.2. The molecule has 0 saturated carbocycles. The molecule has 2 heteroatoms. The van der Waals surface area contributed by atoms with Crippen molar-refractivity contribution in [1.29, 1.82) is 0 Å². The zero-order valence-electron chi connectivity index (χ0n) is 11.6. The summed E-state index contributed by atoms with van der Waals surface area (Å²) in [6, 6.07) is 0. The molecule has 3 atom stereocenters. The fourth-order valence-corrected chi connectivity index (χ4v) is 2.39. The summed E-state index contributed by atoms with van der Waals surface area (Å²) in [7, 11) is 0. The van der Waals surface area contributed by atoms with Gasteiger partial charge in [-0.1, -0.05) is 47.5 Å². The van der Waals surface area contributed by atoms with Gasteiger partial charge in [0.1, 0.15) is 0 Å². The predicted molar refractivity (Wildman–Crippen MR) is 67.4 cm³/mol. The van der Waals surface area contributed by atoms with Gasteiger partial charge in [-0.15, -0.1) is 0 Å². The largest absolute Gasteiger partial charge is 0.352 e. The van der Waals surface area contributed by atoms with Crippen molar-refractivity contribution < 1.29 is 9.47 Å². The molecule has 0 aromatic rings. The molecular formula is C14H28O2. The zero-order valence-corrected chi connectivity index (χ0v) is 11.6. The first-order chi connectivity index (χ1) is 7.51. The fourth-order valence-electron chi connectivity index (χ4n) is 2.39. The van der Waals surface area contributed by atoms with Crippen LogP contribution >= 0.6 is 0 Å². The molecule has 1 aliphatic rings. The van der Waals surface area contributed by atoms with E-state index < -0.39 is 0 Å². The fraction of sp³-hybridized carbons (Fsp3) is 1.00. The highest BCUT2D eigenvalue weighted by molar-refractivity contribution is 4.83. The summed E-state index contributed by atoms with van der Waals surface area (Å²) in [4.78, 5) is 0. The van der Waals surface area contributed by atoms with E-state index in [1.807, 2.05) is 0 Å². The Hall–Kier alpha value is -0.0800. The molecule has 0 radical (unpaired) electrons. The highest BCUT2D eigenvalue weighted by atomic mass is 16.7. The first kappa shape index (κ1) is 14.0. The van der Waals surface area contributed by atoms with Crippen LogP contribution in [-0.2, 0) is 9.47 Å². The van der Waals surface area contributed by atoms with Crippen LogP contribution in [0.3, 0.4) is 0 Å². The van der Waals surface area contributed by atoms with E-state index in [-0.39, 0.29) is 11.7 Å². The van der Waals surface area contributed by atoms with Gasteiger partial charge in [0.15, 0.2) is 6.29 Å². The molecule has 96 valence electrons. The summed E-state index contributed by atoms with van der Waals surface area (Å²) >= 11 is 0. The van der Waals surface area contributed by atoms with Gasteiger partial charge in [-0.3, -0.25) is 0 Å². The number of hydrogen-bond acceptors (Lipinski definition) is 2. The van der Waals surface area contributed by atoms with Crippen LogP contribution in [0.15, 0.2) is 0 Å². The maximum atomic E-state index is 6.13. The van der Waals surface area contributed by atoms with Crippen molar-refractivity contribution in [3.63, 3.8) is 0 Å². The van der Waals surface area contributed by atoms with Crippen LogP contribution in [-0.4, -0.2) is 19.0 Å². The van der Waals surface area contributed by atoms with Gasteiger partial charge in [-0.05, 0) is 12.8 Å². The van der Waals surface area contributed by atoms with E-state index in [1.165, 1.54) is 19.3 Å². The molecule has 0 spiro atoms. The molecule has 0 amide bonds. The Morgan fingerprint density at radius 2 is 1.94 bits per heavy atom. The lowest BCUT2D eigenvalue weighted by Gasteiger charge is -2.43. The van der Waals surface area contributed by atoms with E-state index in [9.17, 15) is 0 Å². The van der Waals surface area contributed by atoms with E-state index >= 15 is 0 Å². The van der Waals surface area contributed by atoms with Crippen LogP contribution in [0.25, 0.3) is 0 Å². The SMILES string of the molecule is CCCC(C)C1OCC(C)(C)C(CCC)O1. The lowest BCUT2D eigenvalue weighted by molar-refractivity contribution is -0.278. The van der Waals surface area contributed by atoms with Crippen molar-refractivity contribution in [3.8, 4) is 0 Å². The van der Waals surface area contributed by atoms with Gasteiger partial charge in [0.2, 0.25) is 0 Å². The van der Waals surface area contributed by atoms with E-state index in [1.54, 1.807) is 0 Å². The molecule has 1 heterocycles. The third-order valence-corrected chi connectivity index (χ3v) is 3.55. The summed E-state index contributed by atoms with van der Waals surface area (Å²) < 4.78 is 12.0. The summed E-state index contributed by atoms with van der Waals surface area (Å²) in [5, 5.41) is 0. The number of ether oxygens (including phenoxy) is 2. The Bertz CT molecular complexity index is 201. The minimum Gasteiger partial charge on any atom is -0.352 e. The first-order valence-corrected chi connectivity index (χ1v) is 6.78. The van der Waals surface area contributed by atoms with Crippen LogP contribution in [0.1, 0.15) is 60.3 Å². The van der Waals surface area contributed by atoms with Crippen LogP contribution < -0.4 is 0 Å². The summed E-state index contributed by atoms with van der Waals surface area (Å²) in [5.74, 6) is 0.514. The third-order valence-electron chi connectivity index (χ3n) is 3.55. The highest BCUT2D eigenvalue weighted by Gasteiger charge is 2.38. The molecule has 0 N–H and O–H groups in total. The van der Waals surface area contributed by atoms with Crippen molar-refractivity contribution in [2.75, 3.05) is 6.61 Å². The van der Waals surface area contributed by atoms with Gasteiger partial charge >= 0.3 is 0 Å². The summed E-state index contributed by atoms with van der Waals surface area (Å²) in [6.07, 6.45) is 5.09. The average Bonchev–Trinajstić information content (AvgIpc) is 2.21. The lowest BCUT2D eigenvalue weighted by atomic mass is 9.83. The van der Waals surface area contributed by atoms with Crippen molar-refractivity contribution in [3.05, 3.63) is 0 Å². The molecule has 1 saturated heterocycles. The second kappa shape index (κ2) is 6.02. The molecule has 0 aromatic heterocycles. The second-order valence-corrected chi connectivity index (χ2v) is 5.85. The Balaban J connectivity index is 2.54. The maximum absolute atomic E-state index is 6.13. The molecule has 2 nitrogen and oxygen atoms in total. The molecule has 1 fully saturated rings. The average molecular weight is 228 g/mol. The van der Waals surface area contributed by atoms with Gasteiger partial charge in [-0.2, -0.15) is 0 Å². The third kappa shape index (κ3) is 3.46. The monoisotopic (exact) mass is 228 g/mol. The molecular weight excluding hydrogens is 200 g/mol. The van der Waals surface area contributed by atoms with Gasteiger partial charge in [0.25, 0.3) is 0 Å². The van der Waals surface area contributed by atoms with Gasteiger partial charge in [-0.25, -0.2) is 0 Å². The van der Waals surface area contributed by atoms with Gasteiger partial charge < -0.3 is 9.47 Å². The molecule has 3 unspecified atom stereocenters. The Labute approximate surface area is 101 Å². The second-order valence-electron chi connectivity index (χ2n) is 5.85. The number of hydrogen-bond donors (Lipinski definition) is 0. The molecule has 16 heavy (non-hydrogen) atoms. The lowest BCUT2D eigenvalue weighted by Crippen LogP contribution is -2.47. The van der Waals surface area contributed by atoms with Gasteiger partial charge in [0.05, 0.1) is 12.7 Å². The van der Waals surface area contributed by atoms with E-state index in [4.69, 9.17) is 9.47 Å². The number of rotatable bonds is 5. The van der Waals surface area contributed by atoms with E-state index in [2.05, 4.69) is 34.6 Å². The van der Waals surface area contributed by atoms with E-state index in [0.29, 0.717) is 12.0 Å². The molecule has 1 rings (SSSR count). The Morgan fingerprint density at radius 3 is 2.50 bits per heavy atom. The normalized spacial score (nSPS) is 31.3. The highest BCUT2D eigenvalue weighted by Crippen LogP contribution is 2.35. The minimum atomic E-state index is 0.0181. The standard InChI is InChI=1S/C14H28O2/c1-6-8-11(3)13-15-10-14(4,5)12(16-13)9-7-2/h11-13H,6-10H2,1-5H3. The smallest absolute Gasteiger partial charge is 0.160 e. The van der Waals surface area contributed by atoms with Gasteiger partial charge in [0, 0.05) is 11.3 Å². The maximum Gasteiger partial charge on any atom is 0.160 e. The molecule has 1 aliphatic heterocycles. The first-order valence-electron chi connectivity index (χ1n) is 6.78. The van der Waals surface area contributed by atoms with Crippen LogP contribution in [0.4, 0.5) is 0 Å². The molecule has 0 bridgehead atoms.